The zero-order valence-electron chi connectivity index (χ0n) is 14.9. The number of fused-ring (bicyclic) bond motifs is 1. The number of rotatable bonds is 3. The molecule has 2 saturated heterocycles. The summed E-state index contributed by atoms with van der Waals surface area (Å²) in [5.74, 6) is 0.884. The molecule has 3 aliphatic rings. The van der Waals surface area contributed by atoms with Crippen molar-refractivity contribution in [3.8, 4) is 5.75 Å². The fraction of sp³-hybridized carbons (Fsp3) is 0.600. The van der Waals surface area contributed by atoms with E-state index in [0.717, 1.165) is 48.8 Å². The molecular formula is C20H26ClNO4. The largest absolute Gasteiger partial charge is 0.489 e. The second kappa shape index (κ2) is 7.13. The molecule has 26 heavy (non-hydrogen) atoms. The summed E-state index contributed by atoms with van der Waals surface area (Å²) in [5, 5.41) is 20.7. The fourth-order valence-corrected chi connectivity index (χ4v) is 4.53. The van der Waals surface area contributed by atoms with E-state index in [1.807, 2.05) is 18.2 Å². The van der Waals surface area contributed by atoms with Crippen LogP contribution in [0.4, 0.5) is 0 Å². The minimum Gasteiger partial charge on any atom is -0.489 e. The minimum atomic E-state index is -0.983. The second-order valence-electron chi connectivity index (χ2n) is 7.89. The van der Waals surface area contributed by atoms with Crippen LogP contribution in [0.1, 0.15) is 31.2 Å². The highest BCUT2D eigenvalue weighted by Crippen LogP contribution is 2.39. The van der Waals surface area contributed by atoms with Crippen molar-refractivity contribution in [3.63, 3.8) is 0 Å². The first-order chi connectivity index (χ1) is 12.5. The van der Waals surface area contributed by atoms with Crippen LogP contribution < -0.4 is 4.74 Å². The monoisotopic (exact) mass is 379 g/mol. The summed E-state index contributed by atoms with van der Waals surface area (Å²) in [6.07, 6.45) is 4.98. The highest BCUT2D eigenvalue weighted by atomic mass is 35.5. The zero-order valence-corrected chi connectivity index (χ0v) is 15.7. The van der Waals surface area contributed by atoms with E-state index >= 15 is 0 Å². The number of aliphatic hydroxyl groups is 2. The Morgan fingerprint density at radius 1 is 1.19 bits per heavy atom. The number of aliphatic hydroxyl groups excluding tert-OH is 1. The molecule has 4 rings (SSSR count). The van der Waals surface area contributed by atoms with E-state index < -0.39 is 5.60 Å². The summed E-state index contributed by atoms with van der Waals surface area (Å²) in [4.78, 5) is 2.41. The quantitative estimate of drug-likeness (QED) is 0.844. The van der Waals surface area contributed by atoms with Gasteiger partial charge >= 0.3 is 0 Å². The molecule has 1 unspecified atom stereocenters. The number of benzene rings is 1. The third-order valence-electron chi connectivity index (χ3n) is 5.86. The van der Waals surface area contributed by atoms with Crippen LogP contribution in [0.15, 0.2) is 23.8 Å². The SMILES string of the molecule is OCC1(O)CCOC2(CCN(CC3=Cc4cc(Cl)ccc4OC3)CC2)C1. The minimum absolute atomic E-state index is 0.186. The van der Waals surface area contributed by atoms with E-state index in [-0.39, 0.29) is 12.2 Å². The van der Waals surface area contributed by atoms with Crippen molar-refractivity contribution in [2.24, 2.45) is 0 Å². The number of nitrogens with zero attached hydrogens (tertiary/aromatic N) is 1. The molecule has 0 aliphatic carbocycles. The Balaban J connectivity index is 1.37. The van der Waals surface area contributed by atoms with Gasteiger partial charge in [0.2, 0.25) is 0 Å². The van der Waals surface area contributed by atoms with Crippen LogP contribution in [0.3, 0.4) is 0 Å². The highest BCUT2D eigenvalue weighted by molar-refractivity contribution is 6.30. The average Bonchev–Trinajstić information content (AvgIpc) is 2.63. The molecular weight excluding hydrogens is 354 g/mol. The molecule has 0 radical (unpaired) electrons. The number of piperidine rings is 1. The first-order valence-corrected chi connectivity index (χ1v) is 9.68. The predicted octanol–water partition coefficient (Wildman–Crippen LogP) is 2.48. The summed E-state index contributed by atoms with van der Waals surface area (Å²) in [7, 11) is 0. The number of hydrogen-bond acceptors (Lipinski definition) is 5. The fourth-order valence-electron chi connectivity index (χ4n) is 4.35. The van der Waals surface area contributed by atoms with Gasteiger partial charge in [-0.05, 0) is 42.7 Å². The summed E-state index contributed by atoms with van der Waals surface area (Å²) < 4.78 is 11.9. The molecule has 0 amide bonds. The molecule has 6 heteroatoms. The van der Waals surface area contributed by atoms with Gasteiger partial charge in [-0.25, -0.2) is 0 Å². The molecule has 0 bridgehead atoms. The van der Waals surface area contributed by atoms with Crippen LogP contribution in [0.2, 0.25) is 5.02 Å². The summed E-state index contributed by atoms with van der Waals surface area (Å²) in [6, 6.07) is 5.70. The maximum absolute atomic E-state index is 10.5. The molecule has 2 fully saturated rings. The Kier molecular flexibility index (Phi) is 5.01. The first kappa shape index (κ1) is 18.3. The van der Waals surface area contributed by atoms with E-state index in [0.29, 0.717) is 26.1 Å². The van der Waals surface area contributed by atoms with Crippen LogP contribution in [-0.2, 0) is 4.74 Å². The van der Waals surface area contributed by atoms with Gasteiger partial charge in [0.05, 0.1) is 24.4 Å². The molecule has 142 valence electrons. The topological polar surface area (TPSA) is 62.2 Å². The van der Waals surface area contributed by atoms with Crippen LogP contribution in [0.25, 0.3) is 6.08 Å². The lowest BCUT2D eigenvalue weighted by Gasteiger charge is -2.48. The van der Waals surface area contributed by atoms with E-state index in [9.17, 15) is 10.2 Å². The van der Waals surface area contributed by atoms with Crippen molar-refractivity contribution in [1.29, 1.82) is 0 Å². The smallest absolute Gasteiger partial charge is 0.127 e. The van der Waals surface area contributed by atoms with Gasteiger partial charge in [0.1, 0.15) is 12.4 Å². The van der Waals surface area contributed by atoms with Crippen LogP contribution >= 0.6 is 11.6 Å². The normalized spacial score (nSPS) is 28.3. The molecule has 2 N–H and O–H groups in total. The van der Waals surface area contributed by atoms with Gasteiger partial charge in [-0.1, -0.05) is 11.6 Å². The third kappa shape index (κ3) is 3.78. The van der Waals surface area contributed by atoms with Crippen molar-refractivity contribution in [3.05, 3.63) is 34.4 Å². The Morgan fingerprint density at radius 3 is 2.77 bits per heavy atom. The Morgan fingerprint density at radius 2 is 2.00 bits per heavy atom. The molecule has 1 aromatic rings. The molecule has 1 aromatic carbocycles. The summed E-state index contributed by atoms with van der Waals surface area (Å²) in [6.45, 7) is 3.65. The number of halogens is 1. The van der Waals surface area contributed by atoms with Crippen molar-refractivity contribution < 1.29 is 19.7 Å². The van der Waals surface area contributed by atoms with Crippen LogP contribution in [0, 0.1) is 0 Å². The maximum atomic E-state index is 10.5. The molecule has 3 aliphatic heterocycles. The van der Waals surface area contributed by atoms with E-state index in [2.05, 4.69) is 11.0 Å². The molecule has 0 aromatic heterocycles. The molecule has 0 saturated carbocycles. The highest BCUT2D eigenvalue weighted by Gasteiger charge is 2.46. The van der Waals surface area contributed by atoms with Crippen molar-refractivity contribution in [2.75, 3.05) is 39.5 Å². The lowest BCUT2D eigenvalue weighted by atomic mass is 9.77. The number of ether oxygens (including phenoxy) is 2. The summed E-state index contributed by atoms with van der Waals surface area (Å²) in [5.41, 5.74) is 1.01. The third-order valence-corrected chi connectivity index (χ3v) is 6.09. The second-order valence-corrected chi connectivity index (χ2v) is 8.33. The van der Waals surface area contributed by atoms with Gasteiger partial charge in [0.25, 0.3) is 0 Å². The molecule has 1 atom stereocenters. The Labute approximate surface area is 159 Å². The zero-order chi connectivity index (χ0) is 18.2. The van der Waals surface area contributed by atoms with Gasteiger partial charge in [-0.15, -0.1) is 0 Å². The van der Waals surface area contributed by atoms with Crippen molar-refractivity contribution >= 4 is 17.7 Å². The standard InChI is InChI=1S/C20H26ClNO4/c21-17-1-2-18-16(10-17)9-15(12-25-18)11-22-6-3-20(4-7-22)13-19(24,14-23)5-8-26-20/h1-2,9-10,23-24H,3-8,11-14H2. The average molecular weight is 380 g/mol. The van der Waals surface area contributed by atoms with Gasteiger partial charge in [0.15, 0.2) is 0 Å². The number of likely N-dealkylation sites (tertiary alicyclic amines) is 1. The summed E-state index contributed by atoms with van der Waals surface area (Å²) >= 11 is 6.09. The lowest BCUT2D eigenvalue weighted by Crippen LogP contribution is -2.55. The lowest BCUT2D eigenvalue weighted by molar-refractivity contribution is -0.188. The molecule has 5 nitrogen and oxygen atoms in total. The molecule has 1 spiro atoms. The maximum Gasteiger partial charge on any atom is 0.127 e. The number of hydrogen-bond donors (Lipinski definition) is 2. The van der Waals surface area contributed by atoms with E-state index in [1.54, 1.807) is 0 Å². The van der Waals surface area contributed by atoms with E-state index in [4.69, 9.17) is 21.1 Å². The Hall–Kier alpha value is -1.11. The van der Waals surface area contributed by atoms with Crippen molar-refractivity contribution in [1.82, 2.24) is 4.90 Å². The van der Waals surface area contributed by atoms with Crippen molar-refractivity contribution in [2.45, 2.75) is 36.9 Å². The van der Waals surface area contributed by atoms with Crippen LogP contribution in [-0.4, -0.2) is 65.8 Å². The first-order valence-electron chi connectivity index (χ1n) is 9.31. The van der Waals surface area contributed by atoms with Gasteiger partial charge in [-0.3, -0.25) is 4.90 Å². The van der Waals surface area contributed by atoms with Gasteiger partial charge < -0.3 is 19.7 Å². The van der Waals surface area contributed by atoms with Crippen LogP contribution in [0.5, 0.6) is 5.75 Å². The van der Waals surface area contributed by atoms with Gasteiger partial charge in [0, 0.05) is 43.1 Å². The molecule has 3 heterocycles. The van der Waals surface area contributed by atoms with Gasteiger partial charge in [-0.2, -0.15) is 0 Å². The van der Waals surface area contributed by atoms with E-state index in [1.165, 1.54) is 5.57 Å². The predicted molar refractivity (Wildman–Crippen MR) is 101 cm³/mol. The Bertz CT molecular complexity index is 699.